The van der Waals surface area contributed by atoms with E-state index in [1.165, 1.54) is 0 Å². The summed E-state index contributed by atoms with van der Waals surface area (Å²) in [5, 5.41) is 4.51. The van der Waals surface area contributed by atoms with E-state index < -0.39 is 0 Å². The van der Waals surface area contributed by atoms with Gasteiger partial charge in [0.15, 0.2) is 5.82 Å². The van der Waals surface area contributed by atoms with Crippen molar-refractivity contribution in [3.8, 4) is 5.82 Å². The monoisotopic (exact) mass is 374 g/mol. The van der Waals surface area contributed by atoms with Gasteiger partial charge in [0.25, 0.3) is 0 Å². The number of imidazole rings is 1. The Bertz CT molecular complexity index is 1120. The second-order valence-electron chi connectivity index (χ2n) is 7.21. The van der Waals surface area contributed by atoms with E-state index in [4.69, 9.17) is 4.98 Å². The summed E-state index contributed by atoms with van der Waals surface area (Å²) in [5.74, 6) is 5.51. The molecular weight excluding hydrogens is 352 g/mol. The molecule has 4 heterocycles. The summed E-state index contributed by atoms with van der Waals surface area (Å²) < 4.78 is 1.82. The molecule has 0 aliphatic carbocycles. The van der Waals surface area contributed by atoms with Crippen molar-refractivity contribution in [1.29, 1.82) is 0 Å². The van der Waals surface area contributed by atoms with Gasteiger partial charge >= 0.3 is 0 Å². The van der Waals surface area contributed by atoms with Crippen LogP contribution in [0.2, 0.25) is 0 Å². The highest BCUT2D eigenvalue weighted by atomic mass is 15.4. The molecule has 0 bridgehead atoms. The lowest BCUT2D eigenvalue weighted by atomic mass is 9.99. The molecule has 0 unspecified atom stereocenters. The minimum Gasteiger partial charge on any atom is -0.355 e. The van der Waals surface area contributed by atoms with Crippen molar-refractivity contribution in [2.24, 2.45) is 0 Å². The third-order valence-corrected chi connectivity index (χ3v) is 5.12. The van der Waals surface area contributed by atoms with Gasteiger partial charge in [0.05, 0.1) is 17.0 Å². The molecule has 0 spiro atoms. The normalized spacial score (nSPS) is 14.6. The first-order chi connectivity index (χ1) is 13.6. The minimum absolute atomic E-state index is 0.380. The highest BCUT2D eigenvalue weighted by Crippen LogP contribution is 2.31. The van der Waals surface area contributed by atoms with E-state index in [2.05, 4.69) is 42.9 Å². The second-order valence-corrected chi connectivity index (χ2v) is 7.21. The Morgan fingerprint density at radius 1 is 1.00 bits per heavy atom. The number of nitrogens with one attached hydrogen (secondary N) is 1. The Morgan fingerprint density at radius 3 is 2.57 bits per heavy atom. The van der Waals surface area contributed by atoms with Gasteiger partial charge in [-0.25, -0.2) is 19.9 Å². The molecule has 5 rings (SSSR count). The fraction of sp³-hybridized carbons (Fsp3) is 0.350. The summed E-state index contributed by atoms with van der Waals surface area (Å²) in [6.45, 7) is 7.65. The van der Waals surface area contributed by atoms with Crippen LogP contribution in [-0.4, -0.2) is 47.8 Å². The number of nitrogens with zero attached hydrogens (tertiary/aromatic N) is 7. The van der Waals surface area contributed by atoms with Crippen LogP contribution in [0.15, 0.2) is 30.3 Å². The standard InChI is InChI=1S/C20H22N8/c1-4-17-23-13(3)26-28(17)19-9-18(21-12(2)22-19)27-10-14(11-27)20-24-15-7-5-6-8-16(15)25-20/h5-9,14H,4,10-11H2,1-3H3,(H,24,25). The number of rotatable bonds is 4. The summed E-state index contributed by atoms with van der Waals surface area (Å²) >= 11 is 0. The van der Waals surface area contributed by atoms with E-state index in [0.717, 1.165) is 65.5 Å². The summed E-state index contributed by atoms with van der Waals surface area (Å²) in [6, 6.07) is 10.1. The Kier molecular flexibility index (Phi) is 3.85. The van der Waals surface area contributed by atoms with Crippen molar-refractivity contribution in [3.63, 3.8) is 0 Å². The predicted octanol–water partition coefficient (Wildman–Crippen LogP) is 2.72. The lowest BCUT2D eigenvalue weighted by Gasteiger charge is -2.39. The first-order valence-corrected chi connectivity index (χ1v) is 9.59. The Labute approximate surface area is 162 Å². The average Bonchev–Trinajstić information content (AvgIpc) is 3.23. The number of aromatic amines is 1. The van der Waals surface area contributed by atoms with Crippen LogP contribution in [-0.2, 0) is 6.42 Å². The van der Waals surface area contributed by atoms with Crippen LogP contribution >= 0.6 is 0 Å². The Hall–Kier alpha value is -3.29. The minimum atomic E-state index is 0.380. The van der Waals surface area contributed by atoms with Gasteiger partial charge in [-0.1, -0.05) is 19.1 Å². The zero-order chi connectivity index (χ0) is 19.3. The molecule has 1 fully saturated rings. The van der Waals surface area contributed by atoms with Crippen molar-refractivity contribution in [1.82, 2.24) is 34.7 Å². The molecule has 8 heteroatoms. The molecule has 1 aliphatic rings. The largest absolute Gasteiger partial charge is 0.355 e. The number of fused-ring (bicyclic) bond motifs is 1. The lowest BCUT2D eigenvalue weighted by Crippen LogP contribution is -2.46. The van der Waals surface area contributed by atoms with Crippen LogP contribution in [0.4, 0.5) is 5.82 Å². The molecule has 1 saturated heterocycles. The Balaban J connectivity index is 1.39. The van der Waals surface area contributed by atoms with E-state index >= 15 is 0 Å². The smallest absolute Gasteiger partial charge is 0.161 e. The number of benzene rings is 1. The highest BCUT2D eigenvalue weighted by molar-refractivity contribution is 5.75. The first kappa shape index (κ1) is 16.9. The van der Waals surface area contributed by atoms with Gasteiger partial charge in [-0.3, -0.25) is 0 Å². The maximum absolute atomic E-state index is 4.73. The number of H-pyrrole nitrogens is 1. The van der Waals surface area contributed by atoms with Gasteiger partial charge in [-0.15, -0.1) is 5.10 Å². The molecule has 0 amide bonds. The van der Waals surface area contributed by atoms with Gasteiger partial charge in [0, 0.05) is 25.6 Å². The zero-order valence-corrected chi connectivity index (χ0v) is 16.2. The van der Waals surface area contributed by atoms with Crippen LogP contribution in [0.5, 0.6) is 0 Å². The van der Waals surface area contributed by atoms with E-state index in [1.54, 1.807) is 0 Å². The van der Waals surface area contributed by atoms with E-state index in [1.807, 2.05) is 42.8 Å². The van der Waals surface area contributed by atoms with Crippen molar-refractivity contribution in [2.75, 3.05) is 18.0 Å². The van der Waals surface area contributed by atoms with Crippen molar-refractivity contribution in [2.45, 2.75) is 33.1 Å². The molecule has 1 N–H and O–H groups in total. The number of hydrogen-bond donors (Lipinski definition) is 1. The van der Waals surface area contributed by atoms with E-state index in [0.29, 0.717) is 5.92 Å². The van der Waals surface area contributed by atoms with Gasteiger partial charge < -0.3 is 9.88 Å². The number of para-hydroxylation sites is 2. The number of aromatic nitrogens is 7. The van der Waals surface area contributed by atoms with E-state index in [9.17, 15) is 0 Å². The van der Waals surface area contributed by atoms with Crippen molar-refractivity contribution >= 4 is 16.9 Å². The van der Waals surface area contributed by atoms with Crippen LogP contribution in [0.1, 0.15) is 36.1 Å². The number of aryl methyl sites for hydroxylation is 3. The zero-order valence-electron chi connectivity index (χ0n) is 16.2. The summed E-state index contributed by atoms with van der Waals surface area (Å²) in [7, 11) is 0. The van der Waals surface area contributed by atoms with Crippen LogP contribution in [0.3, 0.4) is 0 Å². The molecule has 1 aromatic carbocycles. The third-order valence-electron chi connectivity index (χ3n) is 5.12. The average molecular weight is 374 g/mol. The molecule has 4 aromatic rings. The lowest BCUT2D eigenvalue weighted by molar-refractivity contribution is 0.500. The summed E-state index contributed by atoms with van der Waals surface area (Å²) in [4.78, 5) is 24.1. The second kappa shape index (κ2) is 6.40. The maximum Gasteiger partial charge on any atom is 0.161 e. The van der Waals surface area contributed by atoms with Crippen molar-refractivity contribution in [3.05, 3.63) is 53.6 Å². The molecule has 1 aliphatic heterocycles. The molecule has 3 aromatic heterocycles. The van der Waals surface area contributed by atoms with E-state index in [-0.39, 0.29) is 0 Å². The number of anilines is 1. The SMILES string of the molecule is CCc1nc(C)nn1-c1cc(N2CC(c3nc4ccccc4[nH]3)C2)nc(C)n1. The third kappa shape index (κ3) is 2.81. The summed E-state index contributed by atoms with van der Waals surface area (Å²) in [5.41, 5.74) is 2.11. The molecule has 142 valence electrons. The molecular formula is C20H22N8. The number of hydrogen-bond acceptors (Lipinski definition) is 6. The Morgan fingerprint density at radius 2 is 1.79 bits per heavy atom. The first-order valence-electron chi connectivity index (χ1n) is 9.59. The fourth-order valence-corrected chi connectivity index (χ4v) is 3.68. The van der Waals surface area contributed by atoms with Gasteiger partial charge in [-0.05, 0) is 26.0 Å². The van der Waals surface area contributed by atoms with Gasteiger partial charge in [-0.2, -0.15) is 4.68 Å². The van der Waals surface area contributed by atoms with Crippen molar-refractivity contribution < 1.29 is 0 Å². The molecule has 8 nitrogen and oxygen atoms in total. The maximum atomic E-state index is 4.73. The van der Waals surface area contributed by atoms with Crippen LogP contribution in [0, 0.1) is 13.8 Å². The highest BCUT2D eigenvalue weighted by Gasteiger charge is 2.32. The predicted molar refractivity (Wildman–Crippen MR) is 107 cm³/mol. The van der Waals surface area contributed by atoms with Gasteiger partial charge in [0.2, 0.25) is 0 Å². The molecule has 0 saturated carbocycles. The quantitative estimate of drug-likeness (QED) is 0.591. The van der Waals surface area contributed by atoms with Crippen LogP contribution < -0.4 is 4.90 Å². The molecule has 0 atom stereocenters. The topological polar surface area (TPSA) is 88.4 Å². The fourth-order valence-electron chi connectivity index (χ4n) is 3.68. The molecule has 28 heavy (non-hydrogen) atoms. The molecule has 0 radical (unpaired) electrons. The van der Waals surface area contributed by atoms with Crippen LogP contribution in [0.25, 0.3) is 16.9 Å². The van der Waals surface area contributed by atoms with Gasteiger partial charge in [0.1, 0.15) is 29.1 Å². The summed E-state index contributed by atoms with van der Waals surface area (Å²) in [6.07, 6.45) is 0.803.